The van der Waals surface area contributed by atoms with Crippen molar-refractivity contribution in [3.8, 4) is 0 Å². The van der Waals surface area contributed by atoms with Crippen LogP contribution in [0.25, 0.3) is 5.57 Å². The topological polar surface area (TPSA) is 66.6 Å². The van der Waals surface area contributed by atoms with E-state index in [-0.39, 0.29) is 17.2 Å². The maximum atomic E-state index is 10.7. The highest BCUT2D eigenvalue weighted by molar-refractivity contribution is 5.70. The third-order valence-electron chi connectivity index (χ3n) is 3.48. The first-order valence-corrected chi connectivity index (χ1v) is 6.39. The number of rotatable bonds is 4. The molecule has 0 aliphatic carbocycles. The van der Waals surface area contributed by atoms with E-state index in [1.54, 1.807) is 12.1 Å². The fraction of sp³-hybridized carbons (Fsp3) is 0.429. The highest BCUT2D eigenvalue weighted by atomic mass is 16.6. The van der Waals surface area contributed by atoms with Crippen molar-refractivity contribution in [3.63, 3.8) is 0 Å². The second kappa shape index (κ2) is 5.95. The minimum absolute atomic E-state index is 0.138. The molecular formula is C14H18N2O3. The van der Waals surface area contributed by atoms with Crippen LogP contribution in [0, 0.1) is 17.0 Å². The third-order valence-corrected chi connectivity index (χ3v) is 3.48. The van der Waals surface area contributed by atoms with E-state index in [2.05, 4.69) is 11.0 Å². The van der Waals surface area contributed by atoms with Gasteiger partial charge >= 0.3 is 0 Å². The Hall–Kier alpha value is -1.72. The molecule has 1 heterocycles. The molecule has 102 valence electrons. The van der Waals surface area contributed by atoms with Crippen LogP contribution in [0.3, 0.4) is 0 Å². The summed E-state index contributed by atoms with van der Waals surface area (Å²) in [5.74, 6) is 0. The maximum absolute atomic E-state index is 10.7. The molecule has 0 fully saturated rings. The molecule has 5 heteroatoms. The van der Waals surface area contributed by atoms with Crippen LogP contribution in [-0.2, 0) is 0 Å². The fourth-order valence-electron chi connectivity index (χ4n) is 2.42. The first kappa shape index (κ1) is 13.7. The molecule has 0 unspecified atom stereocenters. The predicted octanol–water partition coefficient (Wildman–Crippen LogP) is 1.98. The van der Waals surface area contributed by atoms with Crippen LogP contribution in [-0.4, -0.2) is 41.2 Å². The van der Waals surface area contributed by atoms with Crippen LogP contribution in [0.4, 0.5) is 5.69 Å². The molecule has 1 N–H and O–H groups in total. The number of β-amino-alcohol motifs (C(OH)–C–C–N with tert-alkyl or cyclic N) is 1. The van der Waals surface area contributed by atoms with Gasteiger partial charge in [-0.3, -0.25) is 15.0 Å². The molecular weight excluding hydrogens is 244 g/mol. The van der Waals surface area contributed by atoms with E-state index in [9.17, 15) is 10.1 Å². The molecule has 0 saturated heterocycles. The highest BCUT2D eigenvalue weighted by Gasteiger charge is 2.15. The smallest absolute Gasteiger partial charge is 0.269 e. The van der Waals surface area contributed by atoms with Crippen molar-refractivity contribution in [2.24, 2.45) is 0 Å². The van der Waals surface area contributed by atoms with Crippen molar-refractivity contribution in [1.29, 1.82) is 0 Å². The van der Waals surface area contributed by atoms with Crippen molar-refractivity contribution < 1.29 is 10.0 Å². The first-order chi connectivity index (χ1) is 9.11. The minimum atomic E-state index is -0.366. The minimum Gasteiger partial charge on any atom is -0.395 e. The van der Waals surface area contributed by atoms with Gasteiger partial charge in [-0.25, -0.2) is 0 Å². The van der Waals surface area contributed by atoms with Crippen LogP contribution < -0.4 is 0 Å². The summed E-state index contributed by atoms with van der Waals surface area (Å²) in [5, 5.41) is 19.6. The van der Waals surface area contributed by atoms with E-state index in [0.717, 1.165) is 30.6 Å². The summed E-state index contributed by atoms with van der Waals surface area (Å²) < 4.78 is 0. The Labute approximate surface area is 112 Å². The van der Waals surface area contributed by atoms with E-state index < -0.39 is 0 Å². The zero-order valence-electron chi connectivity index (χ0n) is 11.0. The van der Waals surface area contributed by atoms with Gasteiger partial charge in [0.2, 0.25) is 0 Å². The van der Waals surface area contributed by atoms with Gasteiger partial charge in [-0.05, 0) is 36.1 Å². The van der Waals surface area contributed by atoms with E-state index in [1.165, 1.54) is 5.57 Å². The molecule has 1 aliphatic heterocycles. The number of hydrogen-bond acceptors (Lipinski definition) is 4. The third kappa shape index (κ3) is 3.19. The van der Waals surface area contributed by atoms with Crippen molar-refractivity contribution in [2.75, 3.05) is 26.2 Å². The molecule has 0 spiro atoms. The zero-order valence-corrected chi connectivity index (χ0v) is 11.0. The number of aryl methyl sites for hydroxylation is 1. The molecule has 1 aliphatic rings. The highest BCUT2D eigenvalue weighted by Crippen LogP contribution is 2.27. The number of aliphatic hydroxyl groups is 1. The quantitative estimate of drug-likeness (QED) is 0.665. The van der Waals surface area contributed by atoms with Gasteiger partial charge in [-0.2, -0.15) is 0 Å². The lowest BCUT2D eigenvalue weighted by molar-refractivity contribution is -0.384. The Balaban J connectivity index is 2.17. The number of hydrogen-bond donors (Lipinski definition) is 1. The number of non-ortho nitro benzene ring substituents is 1. The Kier molecular flexibility index (Phi) is 4.29. The summed E-state index contributed by atoms with van der Waals surface area (Å²) in [7, 11) is 0. The Morgan fingerprint density at radius 2 is 2.26 bits per heavy atom. The van der Waals surface area contributed by atoms with Crippen LogP contribution in [0.2, 0.25) is 0 Å². The second-order valence-corrected chi connectivity index (χ2v) is 4.76. The Morgan fingerprint density at radius 1 is 1.47 bits per heavy atom. The van der Waals surface area contributed by atoms with Crippen molar-refractivity contribution in [3.05, 3.63) is 45.5 Å². The van der Waals surface area contributed by atoms with Crippen LogP contribution in [0.15, 0.2) is 24.3 Å². The van der Waals surface area contributed by atoms with Crippen LogP contribution >= 0.6 is 0 Å². The summed E-state index contributed by atoms with van der Waals surface area (Å²) in [5.41, 5.74) is 3.41. The average molecular weight is 262 g/mol. The molecule has 0 aromatic heterocycles. The van der Waals surface area contributed by atoms with E-state index in [0.29, 0.717) is 6.54 Å². The Morgan fingerprint density at radius 3 is 2.79 bits per heavy atom. The molecule has 0 saturated carbocycles. The number of aliphatic hydroxyl groups excluding tert-OH is 1. The molecule has 0 radical (unpaired) electrons. The largest absolute Gasteiger partial charge is 0.395 e. The van der Waals surface area contributed by atoms with Crippen LogP contribution in [0.5, 0.6) is 0 Å². The standard InChI is InChI=1S/C14H18N2O3/c1-11-10-13(16(18)19)2-3-14(11)12-4-6-15(7-5-12)8-9-17/h2-4,10,17H,5-9H2,1H3. The van der Waals surface area contributed by atoms with Crippen molar-refractivity contribution in [1.82, 2.24) is 4.90 Å². The lowest BCUT2D eigenvalue weighted by Crippen LogP contribution is -2.31. The van der Waals surface area contributed by atoms with E-state index in [1.807, 2.05) is 13.0 Å². The van der Waals surface area contributed by atoms with Gasteiger partial charge in [0, 0.05) is 31.8 Å². The lowest BCUT2D eigenvalue weighted by Gasteiger charge is -2.26. The van der Waals surface area contributed by atoms with Crippen molar-refractivity contribution >= 4 is 11.3 Å². The summed E-state index contributed by atoms with van der Waals surface area (Å²) in [6.45, 7) is 4.53. The number of benzene rings is 1. The SMILES string of the molecule is Cc1cc([N+](=O)[O-])ccc1C1=CCN(CCO)CC1. The molecule has 0 amide bonds. The molecule has 1 aromatic rings. The van der Waals surface area contributed by atoms with Gasteiger partial charge in [-0.15, -0.1) is 0 Å². The number of nitrogens with zero attached hydrogens (tertiary/aromatic N) is 2. The molecule has 5 nitrogen and oxygen atoms in total. The summed E-state index contributed by atoms with van der Waals surface area (Å²) >= 11 is 0. The molecule has 0 atom stereocenters. The van der Waals surface area contributed by atoms with Crippen LogP contribution in [0.1, 0.15) is 17.5 Å². The first-order valence-electron chi connectivity index (χ1n) is 6.39. The van der Waals surface area contributed by atoms with Gasteiger partial charge in [-0.1, -0.05) is 6.08 Å². The fourth-order valence-corrected chi connectivity index (χ4v) is 2.42. The monoisotopic (exact) mass is 262 g/mol. The molecule has 1 aromatic carbocycles. The lowest BCUT2D eigenvalue weighted by atomic mass is 9.95. The molecule has 0 bridgehead atoms. The van der Waals surface area contributed by atoms with Gasteiger partial charge in [0.05, 0.1) is 11.5 Å². The maximum Gasteiger partial charge on any atom is 0.269 e. The number of nitro groups is 1. The van der Waals surface area contributed by atoms with E-state index >= 15 is 0 Å². The van der Waals surface area contributed by atoms with Crippen molar-refractivity contribution in [2.45, 2.75) is 13.3 Å². The van der Waals surface area contributed by atoms with Gasteiger partial charge in [0.25, 0.3) is 5.69 Å². The predicted molar refractivity (Wildman–Crippen MR) is 74.0 cm³/mol. The molecule has 19 heavy (non-hydrogen) atoms. The zero-order chi connectivity index (χ0) is 13.8. The summed E-state index contributed by atoms with van der Waals surface area (Å²) in [4.78, 5) is 12.5. The average Bonchev–Trinajstić information content (AvgIpc) is 2.40. The van der Waals surface area contributed by atoms with Gasteiger partial charge < -0.3 is 5.11 Å². The summed E-state index contributed by atoms with van der Waals surface area (Å²) in [6.07, 6.45) is 3.06. The second-order valence-electron chi connectivity index (χ2n) is 4.76. The Bertz CT molecular complexity index is 511. The molecule has 2 rings (SSSR count). The normalized spacial score (nSPS) is 16.2. The van der Waals surface area contributed by atoms with Gasteiger partial charge in [0.15, 0.2) is 0 Å². The van der Waals surface area contributed by atoms with E-state index in [4.69, 9.17) is 5.11 Å². The summed E-state index contributed by atoms with van der Waals surface area (Å²) in [6, 6.07) is 5.01. The number of nitro benzene ring substituents is 1. The van der Waals surface area contributed by atoms with Gasteiger partial charge in [0.1, 0.15) is 0 Å².